The van der Waals surface area contributed by atoms with Gasteiger partial charge in [0.25, 0.3) is 0 Å². The van der Waals surface area contributed by atoms with Crippen LogP contribution < -0.4 is 5.32 Å². The number of aromatic nitrogens is 3. The van der Waals surface area contributed by atoms with Crippen molar-refractivity contribution in [2.24, 2.45) is 0 Å². The minimum absolute atomic E-state index is 0.217. The Balaban J connectivity index is 2.44. The van der Waals surface area contributed by atoms with Gasteiger partial charge in [0.1, 0.15) is 0 Å². The normalized spacial score (nSPS) is 12.7. The van der Waals surface area contributed by atoms with E-state index in [1.165, 1.54) is 0 Å². The highest BCUT2D eigenvalue weighted by molar-refractivity contribution is 9.10. The monoisotopic (exact) mass is 280 g/mol. The summed E-state index contributed by atoms with van der Waals surface area (Å²) >= 11 is 3.45. The van der Waals surface area contributed by atoms with E-state index in [-0.39, 0.29) is 6.04 Å². The Morgan fingerprint density at radius 2 is 2.25 bits per heavy atom. The number of rotatable bonds is 3. The van der Waals surface area contributed by atoms with Gasteiger partial charge >= 0.3 is 0 Å². The average molecular weight is 281 g/mol. The van der Waals surface area contributed by atoms with Crippen molar-refractivity contribution in [1.82, 2.24) is 20.3 Å². The number of nitrogens with one attached hydrogen (secondary N) is 1. The molecule has 16 heavy (non-hydrogen) atoms. The minimum Gasteiger partial charge on any atom is -0.312 e. The number of halogens is 1. The van der Waals surface area contributed by atoms with E-state index < -0.39 is 0 Å². The smallest absolute Gasteiger partial charge is 0.0812 e. The molecule has 84 valence electrons. The van der Waals surface area contributed by atoms with Crippen molar-refractivity contribution in [1.29, 1.82) is 0 Å². The Kier molecular flexibility index (Phi) is 3.36. The maximum atomic E-state index is 4.10. The second kappa shape index (κ2) is 4.76. The summed E-state index contributed by atoms with van der Waals surface area (Å²) in [6.07, 6.45) is 1.78. The van der Waals surface area contributed by atoms with Crippen LogP contribution in [0.4, 0.5) is 0 Å². The second-order valence-corrected chi connectivity index (χ2v) is 4.48. The molecule has 0 saturated carbocycles. The molecule has 1 heterocycles. The van der Waals surface area contributed by atoms with Crippen LogP contribution in [0.15, 0.2) is 34.9 Å². The molecule has 1 aromatic heterocycles. The first-order chi connectivity index (χ1) is 7.72. The third-order valence-electron chi connectivity index (χ3n) is 2.51. The largest absolute Gasteiger partial charge is 0.312 e. The lowest BCUT2D eigenvalue weighted by Gasteiger charge is -2.12. The molecule has 0 amide bonds. The van der Waals surface area contributed by atoms with Crippen LogP contribution in [0.1, 0.15) is 18.7 Å². The molecule has 0 aliphatic carbocycles. The zero-order chi connectivity index (χ0) is 11.5. The summed E-state index contributed by atoms with van der Waals surface area (Å²) in [6.45, 7) is 2.08. The van der Waals surface area contributed by atoms with Gasteiger partial charge in [0.2, 0.25) is 0 Å². The lowest BCUT2D eigenvalue weighted by molar-refractivity contribution is 0.602. The minimum atomic E-state index is 0.217. The van der Waals surface area contributed by atoms with Crippen molar-refractivity contribution in [2.75, 3.05) is 7.05 Å². The fourth-order valence-electron chi connectivity index (χ4n) is 1.49. The molecule has 2 aromatic rings. The molecule has 1 aromatic carbocycles. The Morgan fingerprint density at radius 3 is 2.94 bits per heavy atom. The SMILES string of the molecule is CNC(C)c1cnnn1-c1cccc(Br)c1. The molecule has 0 bridgehead atoms. The highest BCUT2D eigenvalue weighted by Crippen LogP contribution is 2.18. The number of benzene rings is 1. The van der Waals surface area contributed by atoms with Crippen LogP contribution in [0.2, 0.25) is 0 Å². The summed E-state index contributed by atoms with van der Waals surface area (Å²) in [5.41, 5.74) is 2.05. The Labute approximate surface area is 103 Å². The van der Waals surface area contributed by atoms with E-state index in [2.05, 4.69) is 38.5 Å². The van der Waals surface area contributed by atoms with Gasteiger partial charge < -0.3 is 5.32 Å². The van der Waals surface area contributed by atoms with Crippen molar-refractivity contribution in [3.8, 4) is 5.69 Å². The van der Waals surface area contributed by atoms with Crippen LogP contribution in [0.5, 0.6) is 0 Å². The van der Waals surface area contributed by atoms with Crippen LogP contribution in [0.25, 0.3) is 5.69 Å². The van der Waals surface area contributed by atoms with Crippen LogP contribution in [-0.4, -0.2) is 22.0 Å². The molecule has 0 aliphatic rings. The van der Waals surface area contributed by atoms with Gasteiger partial charge in [-0.05, 0) is 32.2 Å². The van der Waals surface area contributed by atoms with Crippen molar-refractivity contribution >= 4 is 15.9 Å². The van der Waals surface area contributed by atoms with E-state index in [9.17, 15) is 0 Å². The van der Waals surface area contributed by atoms with E-state index in [0.717, 1.165) is 15.9 Å². The first kappa shape index (κ1) is 11.3. The number of hydrogen-bond acceptors (Lipinski definition) is 3. The van der Waals surface area contributed by atoms with Crippen LogP contribution in [0.3, 0.4) is 0 Å². The third-order valence-corrected chi connectivity index (χ3v) is 3.00. The molecule has 0 radical (unpaired) electrons. The highest BCUT2D eigenvalue weighted by Gasteiger charge is 2.11. The zero-order valence-corrected chi connectivity index (χ0v) is 10.8. The fraction of sp³-hybridized carbons (Fsp3) is 0.273. The van der Waals surface area contributed by atoms with Gasteiger partial charge in [-0.15, -0.1) is 5.10 Å². The molecular weight excluding hydrogens is 268 g/mol. The molecule has 1 atom stereocenters. The molecule has 0 aliphatic heterocycles. The van der Waals surface area contributed by atoms with Gasteiger partial charge in [-0.2, -0.15) is 0 Å². The van der Waals surface area contributed by atoms with Gasteiger partial charge in [-0.25, -0.2) is 4.68 Å². The van der Waals surface area contributed by atoms with Gasteiger partial charge in [-0.3, -0.25) is 0 Å². The highest BCUT2D eigenvalue weighted by atomic mass is 79.9. The van der Waals surface area contributed by atoms with E-state index in [1.807, 2.05) is 36.0 Å². The maximum Gasteiger partial charge on any atom is 0.0812 e. The van der Waals surface area contributed by atoms with Gasteiger partial charge in [0.05, 0.1) is 17.6 Å². The molecule has 1 unspecified atom stereocenters. The third kappa shape index (κ3) is 2.15. The molecule has 5 heteroatoms. The van der Waals surface area contributed by atoms with Crippen LogP contribution in [-0.2, 0) is 0 Å². The second-order valence-electron chi connectivity index (χ2n) is 3.56. The number of nitrogens with zero attached hydrogens (tertiary/aromatic N) is 3. The summed E-state index contributed by atoms with van der Waals surface area (Å²) in [6, 6.07) is 8.21. The fourth-order valence-corrected chi connectivity index (χ4v) is 1.88. The van der Waals surface area contributed by atoms with Gasteiger partial charge in [-0.1, -0.05) is 27.2 Å². The molecule has 0 fully saturated rings. The van der Waals surface area contributed by atoms with E-state index in [0.29, 0.717) is 0 Å². The average Bonchev–Trinajstić information content (AvgIpc) is 2.77. The topological polar surface area (TPSA) is 42.7 Å². The molecule has 2 rings (SSSR count). The molecule has 4 nitrogen and oxygen atoms in total. The van der Waals surface area contributed by atoms with Crippen molar-refractivity contribution in [3.63, 3.8) is 0 Å². The van der Waals surface area contributed by atoms with Gasteiger partial charge in [0.15, 0.2) is 0 Å². The van der Waals surface area contributed by atoms with Crippen LogP contribution in [0, 0.1) is 0 Å². The van der Waals surface area contributed by atoms with E-state index >= 15 is 0 Å². The summed E-state index contributed by atoms with van der Waals surface area (Å²) in [5.74, 6) is 0. The predicted octanol–water partition coefficient (Wildman–Crippen LogP) is 2.31. The first-order valence-corrected chi connectivity index (χ1v) is 5.85. The maximum absolute atomic E-state index is 4.10. The summed E-state index contributed by atoms with van der Waals surface area (Å²) in [4.78, 5) is 0. The quantitative estimate of drug-likeness (QED) is 0.938. The standard InChI is InChI=1S/C11H13BrN4/c1-8(13-2)11-7-14-15-16(11)10-5-3-4-9(12)6-10/h3-8,13H,1-2H3. The molecule has 0 spiro atoms. The Bertz CT molecular complexity index is 480. The Morgan fingerprint density at radius 1 is 1.44 bits per heavy atom. The van der Waals surface area contributed by atoms with E-state index in [1.54, 1.807) is 6.20 Å². The van der Waals surface area contributed by atoms with Gasteiger partial charge in [0, 0.05) is 10.5 Å². The summed E-state index contributed by atoms with van der Waals surface area (Å²) in [7, 11) is 1.92. The van der Waals surface area contributed by atoms with Crippen molar-refractivity contribution in [3.05, 3.63) is 40.6 Å². The first-order valence-electron chi connectivity index (χ1n) is 5.06. The molecule has 1 N–H and O–H groups in total. The summed E-state index contributed by atoms with van der Waals surface area (Å²) < 4.78 is 2.87. The lowest BCUT2D eigenvalue weighted by atomic mass is 10.2. The Hall–Kier alpha value is -1.20. The van der Waals surface area contributed by atoms with E-state index in [4.69, 9.17) is 0 Å². The summed E-state index contributed by atoms with van der Waals surface area (Å²) in [5, 5.41) is 11.2. The zero-order valence-electron chi connectivity index (χ0n) is 9.18. The van der Waals surface area contributed by atoms with Crippen LogP contribution >= 0.6 is 15.9 Å². The predicted molar refractivity (Wildman–Crippen MR) is 66.5 cm³/mol. The van der Waals surface area contributed by atoms with Crippen molar-refractivity contribution < 1.29 is 0 Å². The lowest BCUT2D eigenvalue weighted by Crippen LogP contribution is -2.16. The molecular formula is C11H13BrN4. The molecule has 0 saturated heterocycles. The number of hydrogen-bond donors (Lipinski definition) is 1. The van der Waals surface area contributed by atoms with Crippen molar-refractivity contribution in [2.45, 2.75) is 13.0 Å².